The molecule has 0 fully saturated rings. The number of methoxy groups -OCH3 is 1. The Morgan fingerprint density at radius 2 is 2.18 bits per heavy atom. The lowest BCUT2D eigenvalue weighted by Gasteiger charge is -2.33. The molecule has 0 saturated carbocycles. The van der Waals surface area contributed by atoms with Gasteiger partial charge in [-0.25, -0.2) is 4.79 Å². The number of rotatable bonds is 9. The molecule has 1 atom stereocenters. The molecule has 1 aliphatic rings. The number of amides is 3. The molecule has 1 aliphatic carbocycles. The number of aromatic nitrogens is 3. The monoisotopic (exact) mass is 491 g/mol. The largest absolute Gasteiger partial charge is 0.383 e. The van der Waals surface area contributed by atoms with Crippen LogP contribution in [0.25, 0.3) is 10.7 Å². The van der Waals surface area contributed by atoms with E-state index in [-0.39, 0.29) is 5.75 Å². The predicted molar refractivity (Wildman–Crippen MR) is 133 cm³/mol. The number of thiophene rings is 1. The summed E-state index contributed by atoms with van der Waals surface area (Å²) in [5.74, 6) is 1.13. The van der Waals surface area contributed by atoms with Gasteiger partial charge in [-0.2, -0.15) is 0 Å². The second-order valence-electron chi connectivity index (χ2n) is 9.16. The lowest BCUT2D eigenvalue weighted by Crippen LogP contribution is -2.41. The van der Waals surface area contributed by atoms with Gasteiger partial charge >= 0.3 is 6.03 Å². The third-order valence-corrected chi connectivity index (χ3v) is 7.93. The summed E-state index contributed by atoms with van der Waals surface area (Å²) in [4.78, 5) is 26.4. The van der Waals surface area contributed by atoms with Crippen molar-refractivity contribution in [3.05, 3.63) is 29.2 Å². The Balaban J connectivity index is 1.68. The number of carbonyl (C=O) groups is 2. The molecule has 0 saturated heterocycles. The van der Waals surface area contributed by atoms with Crippen LogP contribution in [0.2, 0.25) is 0 Å². The van der Waals surface area contributed by atoms with Gasteiger partial charge in [0.05, 0.1) is 17.2 Å². The van der Waals surface area contributed by atoms with Gasteiger partial charge in [-0.1, -0.05) is 38.6 Å². The molecule has 0 bridgehead atoms. The average Bonchev–Trinajstić information content (AvgIpc) is 3.35. The van der Waals surface area contributed by atoms with Crippen LogP contribution >= 0.6 is 23.1 Å². The molecular weight excluding hydrogens is 458 g/mol. The molecule has 10 heteroatoms. The molecule has 3 amide bonds. The Bertz CT molecular complexity index is 993. The number of urea groups is 1. The Labute approximate surface area is 203 Å². The van der Waals surface area contributed by atoms with Crippen molar-refractivity contribution in [1.82, 2.24) is 25.4 Å². The smallest absolute Gasteiger partial charge is 0.321 e. The summed E-state index contributed by atoms with van der Waals surface area (Å²) in [6, 6.07) is 1.72. The van der Waals surface area contributed by atoms with Crippen LogP contribution < -0.4 is 10.6 Å². The molecule has 0 aliphatic heterocycles. The van der Waals surface area contributed by atoms with Crippen LogP contribution in [0.1, 0.15) is 37.6 Å². The molecular formula is C23H33N5O3S2. The maximum atomic E-state index is 12.2. The number of fused-ring (bicyclic) bond motifs is 1. The first-order valence-electron chi connectivity index (χ1n) is 11.1. The molecule has 2 N–H and O–H groups in total. The summed E-state index contributed by atoms with van der Waals surface area (Å²) in [6.45, 7) is 12.1. The van der Waals surface area contributed by atoms with Crippen molar-refractivity contribution in [2.24, 2.45) is 11.3 Å². The molecule has 2 heterocycles. The van der Waals surface area contributed by atoms with E-state index >= 15 is 0 Å². The molecule has 0 spiro atoms. The van der Waals surface area contributed by atoms with Crippen LogP contribution in [-0.2, 0) is 28.9 Å². The normalized spacial score (nSPS) is 15.7. The summed E-state index contributed by atoms with van der Waals surface area (Å²) in [6.07, 6.45) is 5.21. The Morgan fingerprint density at radius 3 is 2.88 bits per heavy atom. The van der Waals surface area contributed by atoms with Crippen molar-refractivity contribution in [3.8, 4) is 10.7 Å². The summed E-state index contributed by atoms with van der Waals surface area (Å²) in [7, 11) is 1.54. The van der Waals surface area contributed by atoms with Gasteiger partial charge in [0.25, 0.3) is 0 Å². The van der Waals surface area contributed by atoms with E-state index in [2.05, 4.69) is 54.2 Å². The van der Waals surface area contributed by atoms with Gasteiger partial charge in [-0.05, 0) is 42.2 Å². The fourth-order valence-corrected chi connectivity index (χ4v) is 5.80. The molecule has 3 rings (SSSR count). The molecule has 0 radical (unpaired) electrons. The summed E-state index contributed by atoms with van der Waals surface area (Å²) in [5, 5.41) is 14.2. The van der Waals surface area contributed by atoms with E-state index in [0.717, 1.165) is 23.5 Å². The number of imide groups is 1. The van der Waals surface area contributed by atoms with E-state index in [4.69, 9.17) is 4.74 Å². The number of hydrogen-bond donors (Lipinski definition) is 2. The quantitative estimate of drug-likeness (QED) is 0.314. The molecule has 1 unspecified atom stereocenters. The third kappa shape index (κ3) is 6.68. The van der Waals surface area contributed by atoms with Crippen LogP contribution in [0.4, 0.5) is 4.79 Å². The van der Waals surface area contributed by atoms with E-state index in [1.54, 1.807) is 24.5 Å². The third-order valence-electron chi connectivity index (χ3n) is 5.73. The molecule has 0 aromatic carbocycles. The van der Waals surface area contributed by atoms with Gasteiger partial charge in [-0.3, -0.25) is 14.7 Å². The summed E-state index contributed by atoms with van der Waals surface area (Å²) < 4.78 is 6.84. The number of allylic oxidation sites excluding steroid dienone is 1. The fourth-order valence-electron chi connectivity index (χ4n) is 3.85. The minimum Gasteiger partial charge on any atom is -0.383 e. The number of ether oxygens (including phenoxy) is 1. The zero-order chi connectivity index (χ0) is 24.0. The highest BCUT2D eigenvalue weighted by atomic mass is 32.2. The SMILES string of the molecule is C=CCn1c(SCC(=O)NC(=O)NCCOC)nnc1-c1cc2c(s1)CCC(C(C)(C)C)C2. The van der Waals surface area contributed by atoms with Gasteiger partial charge in [0.2, 0.25) is 5.91 Å². The van der Waals surface area contributed by atoms with E-state index in [1.807, 2.05) is 4.57 Å². The van der Waals surface area contributed by atoms with Gasteiger partial charge in [0.15, 0.2) is 11.0 Å². The van der Waals surface area contributed by atoms with Crippen LogP contribution in [0.3, 0.4) is 0 Å². The maximum absolute atomic E-state index is 12.2. The number of nitrogens with one attached hydrogen (secondary N) is 2. The highest BCUT2D eigenvalue weighted by molar-refractivity contribution is 7.99. The van der Waals surface area contributed by atoms with Crippen molar-refractivity contribution in [2.75, 3.05) is 26.0 Å². The van der Waals surface area contributed by atoms with E-state index in [9.17, 15) is 9.59 Å². The van der Waals surface area contributed by atoms with Crippen LogP contribution in [0.5, 0.6) is 0 Å². The zero-order valence-electron chi connectivity index (χ0n) is 19.8. The van der Waals surface area contributed by atoms with Crippen molar-refractivity contribution in [1.29, 1.82) is 0 Å². The lowest BCUT2D eigenvalue weighted by molar-refractivity contribution is -0.117. The molecule has 2 aromatic heterocycles. The number of carbonyl (C=O) groups excluding carboxylic acids is 2. The highest BCUT2D eigenvalue weighted by Gasteiger charge is 2.30. The van der Waals surface area contributed by atoms with E-state index < -0.39 is 11.9 Å². The number of aryl methyl sites for hydroxylation is 1. The minimum atomic E-state index is -0.538. The predicted octanol–water partition coefficient (Wildman–Crippen LogP) is 3.91. The van der Waals surface area contributed by atoms with Crippen LogP contribution in [-0.4, -0.2) is 52.7 Å². The highest BCUT2D eigenvalue weighted by Crippen LogP contribution is 2.42. The topological polar surface area (TPSA) is 98.1 Å². The van der Waals surface area contributed by atoms with Crippen molar-refractivity contribution in [2.45, 2.75) is 51.7 Å². The summed E-state index contributed by atoms with van der Waals surface area (Å²) >= 11 is 3.04. The average molecular weight is 492 g/mol. The molecule has 180 valence electrons. The van der Waals surface area contributed by atoms with Gasteiger partial charge < -0.3 is 10.1 Å². The van der Waals surface area contributed by atoms with Gasteiger partial charge in [0.1, 0.15) is 0 Å². The molecule has 2 aromatic rings. The Morgan fingerprint density at radius 1 is 1.39 bits per heavy atom. The number of nitrogens with zero attached hydrogens (tertiary/aromatic N) is 3. The zero-order valence-corrected chi connectivity index (χ0v) is 21.4. The van der Waals surface area contributed by atoms with E-state index in [1.165, 1.54) is 28.6 Å². The number of hydrogen-bond acceptors (Lipinski definition) is 7. The van der Waals surface area contributed by atoms with Crippen molar-refractivity contribution >= 4 is 35.0 Å². The van der Waals surface area contributed by atoms with Crippen molar-refractivity contribution < 1.29 is 14.3 Å². The fraction of sp³-hybridized carbons (Fsp3) is 0.565. The van der Waals surface area contributed by atoms with Crippen LogP contribution in [0, 0.1) is 11.3 Å². The van der Waals surface area contributed by atoms with E-state index in [0.29, 0.717) is 36.2 Å². The second-order valence-corrected chi connectivity index (χ2v) is 11.2. The Hall–Kier alpha value is -2.17. The first kappa shape index (κ1) is 25.5. The lowest BCUT2D eigenvalue weighted by atomic mass is 9.72. The first-order valence-corrected chi connectivity index (χ1v) is 12.9. The standard InChI is InChI=1S/C23H33N5O3S2/c1-6-10-28-20(18-13-15-12-16(23(2,3)4)7-8-17(15)33-18)26-27-22(28)32-14-19(29)25-21(30)24-9-11-31-5/h6,13,16H,1,7-12,14H2,2-5H3,(H2,24,25,29,30). The van der Waals surface area contributed by atoms with Gasteiger partial charge in [0, 0.05) is 25.1 Å². The van der Waals surface area contributed by atoms with Gasteiger partial charge in [-0.15, -0.1) is 28.1 Å². The Kier molecular flexibility index (Phi) is 8.72. The molecule has 8 nitrogen and oxygen atoms in total. The second kappa shape index (κ2) is 11.3. The number of thioether (sulfide) groups is 1. The van der Waals surface area contributed by atoms with Crippen molar-refractivity contribution in [3.63, 3.8) is 0 Å². The van der Waals surface area contributed by atoms with Crippen LogP contribution in [0.15, 0.2) is 23.9 Å². The first-order chi connectivity index (χ1) is 15.7. The maximum Gasteiger partial charge on any atom is 0.321 e. The molecule has 33 heavy (non-hydrogen) atoms. The summed E-state index contributed by atoms with van der Waals surface area (Å²) in [5.41, 5.74) is 1.72. The minimum absolute atomic E-state index is 0.0567.